The monoisotopic (exact) mass is 1070 g/mol. The number of unbranched alkanes of at least 4 members (excludes halogenated alkanes) is 16. The summed E-state index contributed by atoms with van der Waals surface area (Å²) in [6, 6.07) is 17.2. The molecule has 0 aromatic carbocycles. The maximum absolute atomic E-state index is 15.7. The van der Waals surface area contributed by atoms with Gasteiger partial charge in [-0.1, -0.05) is 156 Å². The Morgan fingerprint density at radius 2 is 0.891 bits per heavy atom. The van der Waals surface area contributed by atoms with Crippen LogP contribution in [-0.2, 0) is 9.59 Å². The summed E-state index contributed by atoms with van der Waals surface area (Å²) in [7, 11) is 0. The van der Waals surface area contributed by atoms with Gasteiger partial charge in [0.05, 0.1) is 35.7 Å². The summed E-state index contributed by atoms with van der Waals surface area (Å²) in [6.45, 7) is 10.6. The van der Waals surface area contributed by atoms with Crippen LogP contribution in [0.1, 0.15) is 198 Å². The van der Waals surface area contributed by atoms with Crippen LogP contribution >= 0.6 is 77.2 Å². The van der Waals surface area contributed by atoms with E-state index in [1.165, 1.54) is 148 Å². The fourth-order valence-electron chi connectivity index (χ4n) is 10.1. The molecule has 1 saturated heterocycles. The topological polar surface area (TPSA) is 40.6 Å². The van der Waals surface area contributed by atoms with Gasteiger partial charge in [-0.25, -0.2) is 0 Å². The van der Waals surface area contributed by atoms with Crippen molar-refractivity contribution in [3.63, 3.8) is 0 Å². The molecule has 0 saturated carbocycles. The predicted octanol–water partition coefficient (Wildman–Crippen LogP) is 19.2. The van der Waals surface area contributed by atoms with Crippen LogP contribution in [-0.4, -0.2) is 34.7 Å². The minimum atomic E-state index is -0.505. The van der Waals surface area contributed by atoms with E-state index in [0.29, 0.717) is 18.4 Å². The fraction of sp³-hybridized carbons (Fsp3) is 0.630. The van der Waals surface area contributed by atoms with Crippen molar-refractivity contribution in [3.8, 4) is 19.5 Å². The Hall–Kier alpha value is -1.56. The van der Waals surface area contributed by atoms with Crippen molar-refractivity contribution < 1.29 is 9.59 Å². The SMILES string of the molecule is CCCCCCCCC(CCCCCC)CN1C(=O)C2C(=C1c1ccc(-c3ccc(Br)s3)s1)C(=O)N(CC(CCCCCC)CCCCCCCC)C2c1ccc(-c2ccc(Br)s2)s1. The van der Waals surface area contributed by atoms with E-state index in [0.717, 1.165) is 60.8 Å². The van der Waals surface area contributed by atoms with Gasteiger partial charge in [0, 0.05) is 37.5 Å². The van der Waals surface area contributed by atoms with Gasteiger partial charge < -0.3 is 9.80 Å². The van der Waals surface area contributed by atoms with Gasteiger partial charge in [-0.15, -0.1) is 45.3 Å². The molecule has 352 valence electrons. The Bertz CT molecular complexity index is 2040. The van der Waals surface area contributed by atoms with Crippen LogP contribution in [0.25, 0.3) is 25.2 Å². The molecule has 2 aliphatic heterocycles. The number of amides is 2. The third-order valence-corrected chi connectivity index (χ3v) is 19.5. The molecule has 10 heteroatoms. The number of likely N-dealkylation sites (tertiary alicyclic amines) is 1. The summed E-state index contributed by atoms with van der Waals surface area (Å²) in [6.07, 6.45) is 29.7. The van der Waals surface area contributed by atoms with E-state index in [4.69, 9.17) is 0 Å². The Kier molecular flexibility index (Phi) is 22.2. The maximum atomic E-state index is 15.7. The molecule has 6 rings (SSSR count). The highest BCUT2D eigenvalue weighted by molar-refractivity contribution is 9.11. The predicted molar refractivity (Wildman–Crippen MR) is 288 cm³/mol. The Labute approximate surface area is 420 Å². The lowest BCUT2D eigenvalue weighted by Gasteiger charge is -2.33. The molecule has 1 fully saturated rings. The normalized spacial score (nSPS) is 17.4. The Morgan fingerprint density at radius 3 is 1.39 bits per heavy atom. The second-order valence-electron chi connectivity index (χ2n) is 18.7. The van der Waals surface area contributed by atoms with Crippen molar-refractivity contribution in [2.75, 3.05) is 13.1 Å². The third kappa shape index (κ3) is 14.2. The van der Waals surface area contributed by atoms with Crippen molar-refractivity contribution in [2.45, 2.75) is 188 Å². The molecular weight excluding hydrogens is 997 g/mol. The average molecular weight is 1070 g/mol. The van der Waals surface area contributed by atoms with Gasteiger partial charge in [-0.05, 0) is 118 Å². The first-order valence-corrected chi connectivity index (χ1v) is 30.2. The number of nitrogens with zero attached hydrogens (tertiary/aromatic N) is 2. The lowest BCUT2D eigenvalue weighted by molar-refractivity contribution is -0.131. The molecule has 0 spiro atoms. The van der Waals surface area contributed by atoms with E-state index in [-0.39, 0.29) is 17.9 Å². The highest BCUT2D eigenvalue weighted by atomic mass is 79.9. The van der Waals surface area contributed by atoms with Gasteiger partial charge in [0.25, 0.3) is 5.91 Å². The minimum Gasteiger partial charge on any atom is -0.330 e. The van der Waals surface area contributed by atoms with Crippen molar-refractivity contribution in [1.29, 1.82) is 0 Å². The smallest absolute Gasteiger partial charge is 0.253 e. The van der Waals surface area contributed by atoms with Gasteiger partial charge >= 0.3 is 0 Å². The van der Waals surface area contributed by atoms with Crippen LogP contribution in [0.5, 0.6) is 0 Å². The number of thiophene rings is 4. The standard InChI is InChI=1S/C54H76Br2N2O2S4/c1-5-9-13-17-19-23-27-39(25-21-15-11-7-3)37-57-51(45-31-29-41(61-45)43-33-35-47(55)63-43)49-50(53(57)59)52(46-32-30-42(62-46)44-34-36-48(56)64-44)58(54(49)60)38-40(26-22-16-12-8-4)28-24-20-18-14-10-6-2/h29-36,39-40,49,51H,5-28,37-38H2,1-4H3. The molecule has 2 amide bonds. The van der Waals surface area contributed by atoms with Crippen LogP contribution < -0.4 is 0 Å². The Morgan fingerprint density at radius 1 is 0.484 bits per heavy atom. The average Bonchev–Trinajstić information content (AvgIpc) is 4.17. The zero-order valence-electron chi connectivity index (χ0n) is 39.4. The molecule has 4 nitrogen and oxygen atoms in total. The first-order valence-electron chi connectivity index (χ1n) is 25.4. The molecule has 6 heterocycles. The van der Waals surface area contributed by atoms with Gasteiger partial charge in [0.1, 0.15) is 0 Å². The van der Waals surface area contributed by atoms with Crippen LogP contribution in [0.2, 0.25) is 0 Å². The van der Waals surface area contributed by atoms with Gasteiger partial charge in [-0.2, -0.15) is 0 Å². The van der Waals surface area contributed by atoms with Crippen molar-refractivity contribution in [2.24, 2.45) is 17.8 Å². The quantitative estimate of drug-likeness (QED) is 0.0457. The molecule has 0 aliphatic carbocycles. The Balaban J connectivity index is 1.40. The van der Waals surface area contributed by atoms with Crippen molar-refractivity contribution in [3.05, 3.63) is 71.4 Å². The summed E-state index contributed by atoms with van der Waals surface area (Å²) < 4.78 is 2.22. The number of hydrogen-bond donors (Lipinski definition) is 0. The number of rotatable bonds is 32. The summed E-state index contributed by atoms with van der Waals surface area (Å²) in [5, 5.41) is 0. The van der Waals surface area contributed by atoms with Crippen LogP contribution in [0.4, 0.5) is 0 Å². The first-order chi connectivity index (χ1) is 31.3. The molecule has 4 aromatic heterocycles. The number of hydrogen-bond acceptors (Lipinski definition) is 6. The number of carbonyl (C=O) groups excluding carboxylic acids is 2. The lowest BCUT2D eigenvalue weighted by Crippen LogP contribution is -2.39. The molecule has 0 radical (unpaired) electrons. The molecule has 0 bridgehead atoms. The zero-order chi connectivity index (χ0) is 45.3. The van der Waals surface area contributed by atoms with Crippen molar-refractivity contribution >= 4 is 94.7 Å². The summed E-state index contributed by atoms with van der Waals surface area (Å²) in [4.78, 5) is 42.8. The molecule has 4 unspecified atom stereocenters. The minimum absolute atomic E-state index is 0.0976. The van der Waals surface area contributed by atoms with Gasteiger partial charge in [0.15, 0.2) is 0 Å². The van der Waals surface area contributed by atoms with E-state index in [1.54, 1.807) is 45.3 Å². The lowest BCUT2D eigenvalue weighted by atomic mass is 9.92. The van der Waals surface area contributed by atoms with Gasteiger partial charge in [-0.3, -0.25) is 9.59 Å². The zero-order valence-corrected chi connectivity index (χ0v) is 45.9. The second-order valence-corrected chi connectivity index (χ2v) is 25.8. The van der Waals surface area contributed by atoms with E-state index < -0.39 is 5.92 Å². The highest BCUT2D eigenvalue weighted by Crippen LogP contribution is 2.54. The highest BCUT2D eigenvalue weighted by Gasteiger charge is 2.57. The molecule has 0 N–H and O–H groups in total. The second kappa shape index (κ2) is 27.4. The summed E-state index contributed by atoms with van der Waals surface area (Å²) >= 11 is 14.4. The van der Waals surface area contributed by atoms with E-state index in [2.05, 4.69) is 118 Å². The van der Waals surface area contributed by atoms with Crippen LogP contribution in [0.15, 0.2) is 61.7 Å². The molecule has 4 atom stereocenters. The van der Waals surface area contributed by atoms with Crippen molar-refractivity contribution in [1.82, 2.24) is 9.80 Å². The van der Waals surface area contributed by atoms with Crippen LogP contribution in [0.3, 0.4) is 0 Å². The number of fused-ring (bicyclic) bond motifs is 1. The van der Waals surface area contributed by atoms with E-state index in [1.807, 2.05) is 0 Å². The maximum Gasteiger partial charge on any atom is 0.253 e. The van der Waals surface area contributed by atoms with E-state index >= 15 is 9.59 Å². The fourth-order valence-corrected chi connectivity index (χ4v) is 15.3. The number of carbonyl (C=O) groups is 2. The largest absolute Gasteiger partial charge is 0.330 e. The van der Waals surface area contributed by atoms with Crippen LogP contribution in [0, 0.1) is 17.8 Å². The summed E-state index contributed by atoms with van der Waals surface area (Å²) in [5.74, 6) is 0.571. The third-order valence-electron chi connectivity index (χ3n) is 13.7. The molecular formula is C54H76Br2N2O2S4. The summed E-state index contributed by atoms with van der Waals surface area (Å²) in [5.41, 5.74) is 1.67. The number of halogens is 2. The molecule has 2 aliphatic rings. The molecule has 64 heavy (non-hydrogen) atoms. The molecule has 4 aromatic rings. The first kappa shape index (κ1) is 51.8. The van der Waals surface area contributed by atoms with E-state index in [9.17, 15) is 0 Å². The van der Waals surface area contributed by atoms with Gasteiger partial charge in [0.2, 0.25) is 5.91 Å².